The van der Waals surface area contributed by atoms with E-state index in [1.807, 2.05) is 6.92 Å². The van der Waals surface area contributed by atoms with Gasteiger partial charge in [0.1, 0.15) is 0 Å². The Kier molecular flexibility index (Phi) is 7.04. The van der Waals surface area contributed by atoms with Gasteiger partial charge in [0.25, 0.3) is 0 Å². The van der Waals surface area contributed by atoms with Gasteiger partial charge in [-0.1, -0.05) is 13.8 Å². The van der Waals surface area contributed by atoms with Gasteiger partial charge in [0, 0.05) is 38.8 Å². The van der Waals surface area contributed by atoms with Gasteiger partial charge in [0.15, 0.2) is 0 Å². The van der Waals surface area contributed by atoms with E-state index in [-0.39, 0.29) is 6.10 Å². The first kappa shape index (κ1) is 14.9. The number of nitrogens with zero attached hydrogens (tertiary/aromatic N) is 1. The zero-order valence-corrected chi connectivity index (χ0v) is 11.5. The maximum atomic E-state index is 9.88. The Morgan fingerprint density at radius 2 is 2.00 bits per heavy atom. The fourth-order valence-electron chi connectivity index (χ4n) is 2.23. The van der Waals surface area contributed by atoms with E-state index in [0.717, 1.165) is 39.1 Å². The van der Waals surface area contributed by atoms with Crippen molar-refractivity contribution in [2.24, 2.45) is 0 Å². The number of hydrogen-bond donors (Lipinski definition) is 2. The molecule has 1 saturated heterocycles. The molecule has 102 valence electrons. The zero-order valence-electron chi connectivity index (χ0n) is 11.5. The Balaban J connectivity index is 2.12. The van der Waals surface area contributed by atoms with Crippen LogP contribution in [-0.2, 0) is 4.74 Å². The molecule has 1 rings (SSSR count). The summed E-state index contributed by atoms with van der Waals surface area (Å²) in [6.07, 6.45) is 2.36. The van der Waals surface area contributed by atoms with Crippen molar-refractivity contribution in [3.8, 4) is 0 Å². The van der Waals surface area contributed by atoms with E-state index in [2.05, 4.69) is 24.1 Å². The first-order valence-corrected chi connectivity index (χ1v) is 6.87. The topological polar surface area (TPSA) is 44.7 Å². The largest absolute Gasteiger partial charge is 0.390 e. The van der Waals surface area contributed by atoms with Gasteiger partial charge < -0.3 is 20.1 Å². The second-order valence-electron chi connectivity index (χ2n) is 5.17. The number of aliphatic hydroxyl groups excluding tert-OH is 1. The minimum absolute atomic E-state index is 0.263. The van der Waals surface area contributed by atoms with Gasteiger partial charge >= 0.3 is 0 Å². The maximum Gasteiger partial charge on any atom is 0.0791 e. The first-order chi connectivity index (χ1) is 8.11. The molecular weight excluding hydrogens is 216 g/mol. The summed E-state index contributed by atoms with van der Waals surface area (Å²) >= 11 is 0. The van der Waals surface area contributed by atoms with Crippen LogP contribution in [0.15, 0.2) is 0 Å². The van der Waals surface area contributed by atoms with Crippen molar-refractivity contribution in [2.45, 2.75) is 51.9 Å². The molecule has 0 saturated carbocycles. The molecule has 1 heterocycles. The van der Waals surface area contributed by atoms with Gasteiger partial charge in [-0.25, -0.2) is 0 Å². The molecule has 17 heavy (non-hydrogen) atoms. The van der Waals surface area contributed by atoms with Crippen LogP contribution >= 0.6 is 0 Å². The van der Waals surface area contributed by atoms with Crippen molar-refractivity contribution in [2.75, 3.05) is 32.8 Å². The number of rotatable bonds is 7. The maximum absolute atomic E-state index is 9.88. The van der Waals surface area contributed by atoms with Crippen LogP contribution in [-0.4, -0.2) is 61.0 Å². The molecule has 1 atom stereocenters. The summed E-state index contributed by atoms with van der Waals surface area (Å²) in [5.41, 5.74) is 0. The molecule has 0 aliphatic carbocycles. The summed E-state index contributed by atoms with van der Waals surface area (Å²) in [5.74, 6) is 0. The minimum atomic E-state index is -0.263. The molecule has 2 N–H and O–H groups in total. The second-order valence-corrected chi connectivity index (χ2v) is 5.17. The highest BCUT2D eigenvalue weighted by Gasteiger charge is 2.20. The third-order valence-corrected chi connectivity index (χ3v) is 3.17. The Morgan fingerprint density at radius 1 is 1.35 bits per heavy atom. The van der Waals surface area contributed by atoms with E-state index < -0.39 is 0 Å². The molecular formula is C13H28N2O2. The van der Waals surface area contributed by atoms with E-state index in [9.17, 15) is 5.11 Å². The number of likely N-dealkylation sites (tertiary alicyclic amines) is 1. The van der Waals surface area contributed by atoms with Crippen LogP contribution in [0.4, 0.5) is 0 Å². The molecule has 1 unspecified atom stereocenters. The average molecular weight is 244 g/mol. The third-order valence-electron chi connectivity index (χ3n) is 3.17. The standard InChI is InChI=1S/C13H28N2O2/c1-4-17-13-5-7-15(8-6-13)10-12(16)9-14-11(2)3/h11-14,16H,4-10H2,1-3H3. The van der Waals surface area contributed by atoms with Crippen molar-refractivity contribution >= 4 is 0 Å². The highest BCUT2D eigenvalue weighted by Crippen LogP contribution is 2.13. The van der Waals surface area contributed by atoms with Crippen molar-refractivity contribution in [1.29, 1.82) is 0 Å². The van der Waals surface area contributed by atoms with E-state index in [0.29, 0.717) is 18.7 Å². The molecule has 1 aliphatic rings. The number of aliphatic hydroxyl groups is 1. The SMILES string of the molecule is CCOC1CCN(CC(O)CNC(C)C)CC1. The van der Waals surface area contributed by atoms with Crippen molar-refractivity contribution in [3.63, 3.8) is 0 Å². The lowest BCUT2D eigenvalue weighted by molar-refractivity contribution is 0.00350. The summed E-state index contributed by atoms with van der Waals surface area (Å²) in [4.78, 5) is 2.34. The van der Waals surface area contributed by atoms with Crippen molar-refractivity contribution < 1.29 is 9.84 Å². The molecule has 0 bridgehead atoms. The minimum Gasteiger partial charge on any atom is -0.390 e. The first-order valence-electron chi connectivity index (χ1n) is 6.87. The zero-order chi connectivity index (χ0) is 12.7. The van der Waals surface area contributed by atoms with Crippen molar-refractivity contribution in [3.05, 3.63) is 0 Å². The smallest absolute Gasteiger partial charge is 0.0791 e. The van der Waals surface area contributed by atoms with Crippen LogP contribution in [0.25, 0.3) is 0 Å². The number of piperidine rings is 1. The van der Waals surface area contributed by atoms with Crippen LogP contribution in [0.1, 0.15) is 33.6 Å². The van der Waals surface area contributed by atoms with Gasteiger partial charge in [-0.2, -0.15) is 0 Å². The molecule has 1 fully saturated rings. The molecule has 4 nitrogen and oxygen atoms in total. The van der Waals surface area contributed by atoms with E-state index >= 15 is 0 Å². The van der Waals surface area contributed by atoms with E-state index in [1.165, 1.54) is 0 Å². The van der Waals surface area contributed by atoms with Crippen LogP contribution in [0.3, 0.4) is 0 Å². The molecule has 0 aromatic heterocycles. The van der Waals surface area contributed by atoms with E-state index in [4.69, 9.17) is 4.74 Å². The highest BCUT2D eigenvalue weighted by atomic mass is 16.5. The molecule has 0 aromatic rings. The lowest BCUT2D eigenvalue weighted by Gasteiger charge is -2.33. The molecule has 0 radical (unpaired) electrons. The number of ether oxygens (including phenoxy) is 1. The monoisotopic (exact) mass is 244 g/mol. The fourth-order valence-corrected chi connectivity index (χ4v) is 2.23. The number of nitrogens with one attached hydrogen (secondary N) is 1. The Bertz CT molecular complexity index is 192. The number of β-amino-alcohol motifs (C(OH)–C–C–N with tert-alkyl or cyclic N) is 1. The van der Waals surface area contributed by atoms with E-state index in [1.54, 1.807) is 0 Å². The Morgan fingerprint density at radius 3 is 2.53 bits per heavy atom. The summed E-state index contributed by atoms with van der Waals surface area (Å²) in [6, 6.07) is 0.438. The molecule has 0 amide bonds. The summed E-state index contributed by atoms with van der Waals surface area (Å²) < 4.78 is 5.61. The Labute approximate surface area is 105 Å². The lowest BCUT2D eigenvalue weighted by atomic mass is 10.1. The normalized spacial score (nSPS) is 21.0. The summed E-state index contributed by atoms with van der Waals surface area (Å²) in [7, 11) is 0. The predicted octanol–water partition coefficient (Wildman–Crippen LogP) is 0.846. The average Bonchev–Trinajstić information content (AvgIpc) is 2.29. The highest BCUT2D eigenvalue weighted by molar-refractivity contribution is 4.75. The van der Waals surface area contributed by atoms with Gasteiger partial charge in [0.2, 0.25) is 0 Å². The Hall–Kier alpha value is -0.160. The third kappa shape index (κ3) is 6.36. The van der Waals surface area contributed by atoms with Crippen molar-refractivity contribution in [1.82, 2.24) is 10.2 Å². The quantitative estimate of drug-likeness (QED) is 0.697. The molecule has 1 aliphatic heterocycles. The van der Waals surface area contributed by atoms with Gasteiger partial charge in [0.05, 0.1) is 12.2 Å². The molecule has 0 spiro atoms. The fraction of sp³-hybridized carbons (Fsp3) is 1.00. The van der Waals surface area contributed by atoms with Gasteiger partial charge in [-0.3, -0.25) is 0 Å². The van der Waals surface area contributed by atoms with Crippen LogP contribution in [0.2, 0.25) is 0 Å². The van der Waals surface area contributed by atoms with Crippen LogP contribution < -0.4 is 5.32 Å². The summed E-state index contributed by atoms with van der Waals surface area (Å²) in [6.45, 7) is 10.6. The second kappa shape index (κ2) is 8.03. The summed E-state index contributed by atoms with van der Waals surface area (Å²) in [5, 5.41) is 13.1. The lowest BCUT2D eigenvalue weighted by Crippen LogP contribution is -2.44. The van der Waals surface area contributed by atoms with Crippen LogP contribution in [0, 0.1) is 0 Å². The molecule has 4 heteroatoms. The van der Waals surface area contributed by atoms with Crippen LogP contribution in [0.5, 0.6) is 0 Å². The predicted molar refractivity (Wildman–Crippen MR) is 70.2 cm³/mol. The van der Waals surface area contributed by atoms with Gasteiger partial charge in [-0.15, -0.1) is 0 Å². The van der Waals surface area contributed by atoms with Gasteiger partial charge in [-0.05, 0) is 19.8 Å². The molecule has 0 aromatic carbocycles. The number of hydrogen-bond acceptors (Lipinski definition) is 4.